The summed E-state index contributed by atoms with van der Waals surface area (Å²) >= 11 is 9.25. The number of carbonyl (C=O) groups is 2. The fourth-order valence-electron chi connectivity index (χ4n) is 3.12. The third-order valence-corrected chi connectivity index (χ3v) is 5.39. The van der Waals surface area contributed by atoms with E-state index in [1.807, 2.05) is 4.90 Å². The lowest BCUT2D eigenvalue weighted by Crippen LogP contribution is -2.31. The molecule has 0 atom stereocenters. The van der Waals surface area contributed by atoms with E-state index in [0.29, 0.717) is 26.5 Å². The van der Waals surface area contributed by atoms with E-state index in [0.717, 1.165) is 25.9 Å². The summed E-state index contributed by atoms with van der Waals surface area (Å²) in [4.78, 5) is 26.9. The number of nitrogens with one attached hydrogen (secondary N) is 1. The molecule has 0 aliphatic carbocycles. The maximum Gasteiger partial charge on any atom is 0.262 e. The number of anilines is 1. The van der Waals surface area contributed by atoms with Gasteiger partial charge in [0.2, 0.25) is 0 Å². The van der Waals surface area contributed by atoms with E-state index in [1.54, 1.807) is 42.5 Å². The van der Waals surface area contributed by atoms with Gasteiger partial charge < -0.3 is 15.0 Å². The van der Waals surface area contributed by atoms with Crippen molar-refractivity contribution in [1.29, 1.82) is 0 Å². The van der Waals surface area contributed by atoms with Crippen molar-refractivity contribution in [2.24, 2.45) is 0 Å². The van der Waals surface area contributed by atoms with Crippen molar-refractivity contribution in [3.05, 3.63) is 57.5 Å². The first-order valence-electron chi connectivity index (χ1n) is 9.30. The lowest BCUT2D eigenvalue weighted by Gasteiger charge is -2.20. The minimum atomic E-state index is -0.304. The summed E-state index contributed by atoms with van der Waals surface area (Å²) < 4.78 is 6.20. The zero-order chi connectivity index (χ0) is 19.9. The molecule has 1 N–H and O–H groups in total. The van der Waals surface area contributed by atoms with Crippen molar-refractivity contribution in [3.63, 3.8) is 0 Å². The summed E-state index contributed by atoms with van der Waals surface area (Å²) in [6.45, 7) is 1.43. The number of halogens is 2. The maximum absolute atomic E-state index is 12.7. The van der Waals surface area contributed by atoms with Crippen LogP contribution in [0.15, 0.2) is 46.9 Å². The van der Waals surface area contributed by atoms with Gasteiger partial charge in [0.1, 0.15) is 5.75 Å². The van der Waals surface area contributed by atoms with Crippen molar-refractivity contribution in [3.8, 4) is 5.75 Å². The number of hydrogen-bond acceptors (Lipinski definition) is 3. The Labute approximate surface area is 178 Å². The van der Waals surface area contributed by atoms with Gasteiger partial charge in [-0.15, -0.1) is 0 Å². The van der Waals surface area contributed by atoms with Crippen molar-refractivity contribution in [2.75, 3.05) is 25.0 Å². The van der Waals surface area contributed by atoms with Crippen LogP contribution in [0.3, 0.4) is 0 Å². The minimum Gasteiger partial charge on any atom is -0.483 e. The van der Waals surface area contributed by atoms with Crippen LogP contribution in [0.2, 0.25) is 5.02 Å². The summed E-state index contributed by atoms with van der Waals surface area (Å²) in [6, 6.07) is 12.1. The van der Waals surface area contributed by atoms with E-state index >= 15 is 0 Å². The van der Waals surface area contributed by atoms with Crippen LogP contribution in [0, 0.1) is 0 Å². The predicted molar refractivity (Wildman–Crippen MR) is 114 cm³/mol. The zero-order valence-corrected chi connectivity index (χ0v) is 17.8. The van der Waals surface area contributed by atoms with Crippen LogP contribution in [0.4, 0.5) is 5.69 Å². The number of rotatable bonds is 5. The molecule has 7 heteroatoms. The van der Waals surface area contributed by atoms with Gasteiger partial charge in [0.25, 0.3) is 11.8 Å². The molecule has 1 aliphatic heterocycles. The largest absolute Gasteiger partial charge is 0.483 e. The van der Waals surface area contributed by atoms with Gasteiger partial charge in [0.15, 0.2) is 6.61 Å². The normalized spacial score (nSPS) is 14.3. The van der Waals surface area contributed by atoms with Crippen molar-refractivity contribution in [1.82, 2.24) is 4.90 Å². The molecule has 2 aromatic carbocycles. The molecule has 0 bridgehead atoms. The standard InChI is InChI=1S/C21H22BrClN2O3/c22-18-13-16(23)8-9-19(18)28-14-20(26)24-17-7-5-6-15(12-17)21(27)25-10-3-1-2-4-11-25/h5-9,12-13H,1-4,10-11,14H2,(H,24,26). The van der Waals surface area contributed by atoms with E-state index in [2.05, 4.69) is 21.2 Å². The van der Waals surface area contributed by atoms with E-state index in [9.17, 15) is 9.59 Å². The summed E-state index contributed by atoms with van der Waals surface area (Å²) in [7, 11) is 0. The number of amides is 2. The second kappa shape index (κ2) is 9.94. The third-order valence-electron chi connectivity index (χ3n) is 4.54. The molecule has 0 radical (unpaired) electrons. The molecule has 1 saturated heterocycles. The fourth-order valence-corrected chi connectivity index (χ4v) is 3.92. The van der Waals surface area contributed by atoms with E-state index in [1.165, 1.54) is 12.8 Å². The molecule has 2 amide bonds. The molecule has 148 valence electrons. The molecule has 1 fully saturated rings. The van der Waals surface area contributed by atoms with Crippen LogP contribution >= 0.6 is 27.5 Å². The zero-order valence-electron chi connectivity index (χ0n) is 15.4. The molecule has 1 aliphatic rings. The molecular weight excluding hydrogens is 444 g/mol. The van der Waals surface area contributed by atoms with Crippen molar-refractivity contribution in [2.45, 2.75) is 25.7 Å². The lowest BCUT2D eigenvalue weighted by molar-refractivity contribution is -0.118. The van der Waals surface area contributed by atoms with Crippen LogP contribution in [0.25, 0.3) is 0 Å². The second-order valence-corrected chi connectivity index (χ2v) is 7.99. The summed E-state index contributed by atoms with van der Waals surface area (Å²) in [5, 5.41) is 3.36. The van der Waals surface area contributed by atoms with Crippen LogP contribution in [-0.2, 0) is 4.79 Å². The topological polar surface area (TPSA) is 58.6 Å². The first-order chi connectivity index (χ1) is 13.5. The molecule has 0 saturated carbocycles. The fraction of sp³-hybridized carbons (Fsp3) is 0.333. The Kier molecular flexibility index (Phi) is 7.34. The quantitative estimate of drug-likeness (QED) is 0.665. The number of likely N-dealkylation sites (tertiary alicyclic amines) is 1. The molecule has 5 nitrogen and oxygen atoms in total. The Hall–Kier alpha value is -2.05. The monoisotopic (exact) mass is 464 g/mol. The Morgan fingerprint density at radius 1 is 1.07 bits per heavy atom. The summed E-state index contributed by atoms with van der Waals surface area (Å²) in [5.74, 6) is 0.241. The highest BCUT2D eigenvalue weighted by Gasteiger charge is 2.17. The highest BCUT2D eigenvalue weighted by atomic mass is 79.9. The number of ether oxygens (including phenoxy) is 1. The van der Waals surface area contributed by atoms with Gasteiger partial charge >= 0.3 is 0 Å². The Bertz CT molecular complexity index is 851. The SMILES string of the molecule is O=C(COc1ccc(Cl)cc1Br)Nc1cccc(C(=O)N2CCCCCC2)c1. The van der Waals surface area contributed by atoms with E-state index in [4.69, 9.17) is 16.3 Å². The number of nitrogens with zero attached hydrogens (tertiary/aromatic N) is 1. The first-order valence-corrected chi connectivity index (χ1v) is 10.5. The lowest BCUT2D eigenvalue weighted by atomic mass is 10.1. The van der Waals surface area contributed by atoms with E-state index < -0.39 is 0 Å². The second-order valence-electron chi connectivity index (χ2n) is 6.70. The molecule has 0 spiro atoms. The van der Waals surface area contributed by atoms with Gasteiger partial charge in [-0.3, -0.25) is 9.59 Å². The third kappa shape index (κ3) is 5.72. The number of carbonyl (C=O) groups excluding carboxylic acids is 2. The molecular formula is C21H22BrClN2O3. The summed E-state index contributed by atoms with van der Waals surface area (Å²) in [5.41, 5.74) is 1.16. The van der Waals surface area contributed by atoms with Crippen LogP contribution in [0.5, 0.6) is 5.75 Å². The van der Waals surface area contributed by atoms with Gasteiger partial charge in [0, 0.05) is 29.4 Å². The Balaban J connectivity index is 1.58. The predicted octanol–water partition coefficient (Wildman–Crippen LogP) is 5.14. The van der Waals surface area contributed by atoms with Gasteiger partial charge in [-0.1, -0.05) is 30.5 Å². The van der Waals surface area contributed by atoms with Crippen molar-refractivity contribution < 1.29 is 14.3 Å². The molecule has 1 heterocycles. The Morgan fingerprint density at radius 2 is 1.82 bits per heavy atom. The number of hydrogen-bond donors (Lipinski definition) is 1. The minimum absolute atomic E-state index is 0.0133. The van der Waals surface area contributed by atoms with Gasteiger partial charge in [-0.2, -0.15) is 0 Å². The van der Waals surface area contributed by atoms with Gasteiger partial charge in [0.05, 0.1) is 4.47 Å². The van der Waals surface area contributed by atoms with Gasteiger partial charge in [-0.05, 0) is 65.2 Å². The van der Waals surface area contributed by atoms with E-state index in [-0.39, 0.29) is 18.4 Å². The highest BCUT2D eigenvalue weighted by Crippen LogP contribution is 2.28. The van der Waals surface area contributed by atoms with Crippen molar-refractivity contribution >= 4 is 45.0 Å². The molecule has 0 aromatic heterocycles. The van der Waals surface area contributed by atoms with Crippen LogP contribution < -0.4 is 10.1 Å². The average molecular weight is 466 g/mol. The molecule has 0 unspecified atom stereocenters. The highest BCUT2D eigenvalue weighted by molar-refractivity contribution is 9.10. The average Bonchev–Trinajstić information content (AvgIpc) is 2.96. The van der Waals surface area contributed by atoms with Crippen LogP contribution in [0.1, 0.15) is 36.0 Å². The van der Waals surface area contributed by atoms with Crippen LogP contribution in [-0.4, -0.2) is 36.4 Å². The molecule has 2 aromatic rings. The first kappa shape index (κ1) is 20.7. The van der Waals surface area contributed by atoms with Gasteiger partial charge in [-0.25, -0.2) is 0 Å². The molecule has 28 heavy (non-hydrogen) atoms. The smallest absolute Gasteiger partial charge is 0.262 e. The Morgan fingerprint density at radius 3 is 2.54 bits per heavy atom. The maximum atomic E-state index is 12.7. The summed E-state index contributed by atoms with van der Waals surface area (Å²) in [6.07, 6.45) is 4.42. The number of benzene rings is 2. The molecule has 3 rings (SSSR count).